The van der Waals surface area contributed by atoms with Crippen LogP contribution in [0.25, 0.3) is 0 Å². The van der Waals surface area contributed by atoms with Crippen LogP contribution >= 0.6 is 43.6 Å². The van der Waals surface area contributed by atoms with Crippen LogP contribution in [0.5, 0.6) is 5.75 Å². The molecule has 0 bridgehead atoms. The molecular formula is C24H26Br2N4O2S. The summed E-state index contributed by atoms with van der Waals surface area (Å²) in [6, 6.07) is 11.8. The number of hydrogen-bond acceptors (Lipinski definition) is 5. The lowest BCUT2D eigenvalue weighted by Crippen LogP contribution is -2.15. The van der Waals surface area contributed by atoms with Crippen LogP contribution in [0.2, 0.25) is 0 Å². The predicted octanol–water partition coefficient (Wildman–Crippen LogP) is 6.73. The first kappa shape index (κ1) is 25.5. The van der Waals surface area contributed by atoms with Gasteiger partial charge in [0.15, 0.2) is 11.0 Å². The summed E-state index contributed by atoms with van der Waals surface area (Å²) in [4.78, 5) is 12.5. The molecule has 0 fully saturated rings. The molecule has 6 nitrogen and oxygen atoms in total. The molecule has 0 aliphatic heterocycles. The number of anilines is 1. The summed E-state index contributed by atoms with van der Waals surface area (Å²) in [6.45, 7) is 10.9. The molecule has 3 rings (SSSR count). The number of rotatable bonds is 10. The van der Waals surface area contributed by atoms with Gasteiger partial charge in [0.1, 0.15) is 12.4 Å². The van der Waals surface area contributed by atoms with Crippen molar-refractivity contribution in [2.75, 3.05) is 11.1 Å². The van der Waals surface area contributed by atoms with E-state index >= 15 is 0 Å². The van der Waals surface area contributed by atoms with Gasteiger partial charge in [0.2, 0.25) is 5.91 Å². The van der Waals surface area contributed by atoms with E-state index in [0.29, 0.717) is 23.4 Å². The summed E-state index contributed by atoms with van der Waals surface area (Å²) in [5.41, 5.74) is 2.97. The third-order valence-corrected chi connectivity index (χ3v) is 6.90. The average molecular weight is 594 g/mol. The molecule has 0 aliphatic rings. The molecule has 1 aromatic heterocycles. The molecule has 0 atom stereocenters. The lowest BCUT2D eigenvalue weighted by Gasteiger charge is -2.15. The highest BCUT2D eigenvalue weighted by Gasteiger charge is 2.16. The Morgan fingerprint density at radius 1 is 1.24 bits per heavy atom. The Bertz CT molecular complexity index is 1150. The van der Waals surface area contributed by atoms with Crippen LogP contribution in [-0.4, -0.2) is 26.4 Å². The van der Waals surface area contributed by atoms with E-state index in [9.17, 15) is 4.79 Å². The fraction of sp³-hybridized carbons (Fsp3) is 0.292. The molecule has 0 spiro atoms. The smallest absolute Gasteiger partial charge is 0.234 e. The standard InChI is InChI=1S/C24H26Br2N4O2S/c1-5-10-30-22(13-32-21-9-7-17(25)12-18(21)15(2)3)28-29-24(30)33-14-23(31)27-20-8-6-16(4)11-19(20)26/h5-9,11-12,15H,1,10,13-14H2,2-4H3,(H,27,31). The van der Waals surface area contributed by atoms with E-state index in [1.54, 1.807) is 6.08 Å². The van der Waals surface area contributed by atoms with Gasteiger partial charge in [-0.2, -0.15) is 0 Å². The van der Waals surface area contributed by atoms with Crippen molar-refractivity contribution in [1.82, 2.24) is 14.8 Å². The Hall–Kier alpha value is -2.10. The minimum Gasteiger partial charge on any atom is -0.485 e. The number of nitrogens with zero attached hydrogens (tertiary/aromatic N) is 3. The summed E-state index contributed by atoms with van der Waals surface area (Å²) in [5.74, 6) is 1.91. The number of benzene rings is 2. The lowest BCUT2D eigenvalue weighted by molar-refractivity contribution is -0.113. The lowest BCUT2D eigenvalue weighted by atomic mass is 10.0. The van der Waals surface area contributed by atoms with Crippen molar-refractivity contribution < 1.29 is 9.53 Å². The Morgan fingerprint density at radius 2 is 2.03 bits per heavy atom. The average Bonchev–Trinajstić information content (AvgIpc) is 3.15. The molecule has 3 aromatic rings. The molecule has 0 aliphatic carbocycles. The first-order chi connectivity index (χ1) is 15.8. The number of hydrogen-bond donors (Lipinski definition) is 1. The van der Waals surface area contributed by atoms with Crippen molar-refractivity contribution in [3.8, 4) is 5.75 Å². The van der Waals surface area contributed by atoms with Crippen molar-refractivity contribution in [2.45, 2.75) is 45.0 Å². The molecule has 0 unspecified atom stereocenters. The molecule has 0 saturated heterocycles. The number of aromatic nitrogens is 3. The molecule has 1 heterocycles. The second kappa shape index (κ2) is 11.9. The predicted molar refractivity (Wildman–Crippen MR) is 141 cm³/mol. The van der Waals surface area contributed by atoms with E-state index in [-0.39, 0.29) is 18.3 Å². The monoisotopic (exact) mass is 592 g/mol. The van der Waals surface area contributed by atoms with Gasteiger partial charge in [-0.05, 0) is 70.2 Å². The van der Waals surface area contributed by atoms with Gasteiger partial charge >= 0.3 is 0 Å². The quantitative estimate of drug-likeness (QED) is 0.208. The third-order valence-electron chi connectivity index (χ3n) is 4.79. The van der Waals surface area contributed by atoms with Crippen LogP contribution < -0.4 is 10.1 Å². The van der Waals surface area contributed by atoms with Gasteiger partial charge in [-0.15, -0.1) is 16.8 Å². The Kier molecular flexibility index (Phi) is 9.17. The van der Waals surface area contributed by atoms with Crippen LogP contribution in [0.1, 0.15) is 36.7 Å². The van der Waals surface area contributed by atoms with Gasteiger partial charge in [0.25, 0.3) is 0 Å². The second-order valence-electron chi connectivity index (χ2n) is 7.74. The van der Waals surface area contributed by atoms with Crippen molar-refractivity contribution in [1.29, 1.82) is 0 Å². The number of ether oxygens (including phenoxy) is 1. The fourth-order valence-corrected chi connectivity index (χ4v) is 4.86. The molecular weight excluding hydrogens is 568 g/mol. The highest BCUT2D eigenvalue weighted by molar-refractivity contribution is 9.10. The number of amides is 1. The topological polar surface area (TPSA) is 69.0 Å². The van der Waals surface area contributed by atoms with Crippen LogP contribution in [0.15, 0.2) is 63.2 Å². The van der Waals surface area contributed by atoms with E-state index < -0.39 is 0 Å². The van der Waals surface area contributed by atoms with Gasteiger partial charge < -0.3 is 10.1 Å². The summed E-state index contributed by atoms with van der Waals surface area (Å²) < 4.78 is 9.88. The summed E-state index contributed by atoms with van der Waals surface area (Å²) in [6.07, 6.45) is 1.78. The molecule has 174 valence electrons. The molecule has 0 saturated carbocycles. The first-order valence-corrected chi connectivity index (χ1v) is 13.0. The molecule has 2 aromatic carbocycles. The number of carbonyl (C=O) groups excluding carboxylic acids is 1. The Labute approximate surface area is 215 Å². The second-order valence-corrected chi connectivity index (χ2v) is 10.5. The fourth-order valence-electron chi connectivity index (χ4n) is 3.13. The van der Waals surface area contributed by atoms with Crippen LogP contribution in [-0.2, 0) is 17.9 Å². The summed E-state index contributed by atoms with van der Waals surface area (Å²) >= 11 is 8.34. The van der Waals surface area contributed by atoms with E-state index in [1.165, 1.54) is 11.8 Å². The molecule has 1 amide bonds. The zero-order valence-electron chi connectivity index (χ0n) is 18.8. The number of carbonyl (C=O) groups is 1. The Balaban J connectivity index is 1.67. The SMILES string of the molecule is C=CCn1c(COc2ccc(Br)cc2C(C)C)nnc1SCC(=O)Nc1ccc(C)cc1Br. The normalized spacial score (nSPS) is 11.0. The van der Waals surface area contributed by atoms with Gasteiger partial charge in [-0.1, -0.05) is 53.7 Å². The number of aryl methyl sites for hydroxylation is 1. The van der Waals surface area contributed by atoms with Gasteiger partial charge in [-0.25, -0.2) is 0 Å². The largest absolute Gasteiger partial charge is 0.485 e. The van der Waals surface area contributed by atoms with Crippen molar-refractivity contribution >= 4 is 55.2 Å². The van der Waals surface area contributed by atoms with Crippen LogP contribution in [0.3, 0.4) is 0 Å². The molecule has 0 radical (unpaired) electrons. The summed E-state index contributed by atoms with van der Waals surface area (Å²) in [7, 11) is 0. The van der Waals surface area contributed by atoms with Crippen molar-refractivity contribution in [2.24, 2.45) is 0 Å². The maximum Gasteiger partial charge on any atom is 0.234 e. The van der Waals surface area contributed by atoms with E-state index in [1.807, 2.05) is 41.8 Å². The third kappa shape index (κ3) is 6.94. The maximum atomic E-state index is 12.5. The van der Waals surface area contributed by atoms with E-state index in [2.05, 4.69) is 73.9 Å². The van der Waals surface area contributed by atoms with Gasteiger partial charge in [0.05, 0.1) is 11.4 Å². The zero-order valence-corrected chi connectivity index (χ0v) is 22.8. The number of thioether (sulfide) groups is 1. The van der Waals surface area contributed by atoms with E-state index in [4.69, 9.17) is 4.74 Å². The van der Waals surface area contributed by atoms with Crippen LogP contribution in [0.4, 0.5) is 5.69 Å². The Morgan fingerprint density at radius 3 is 2.73 bits per heavy atom. The highest BCUT2D eigenvalue weighted by Crippen LogP contribution is 2.30. The van der Waals surface area contributed by atoms with Crippen molar-refractivity contribution in [3.05, 3.63) is 74.9 Å². The summed E-state index contributed by atoms with van der Waals surface area (Å²) in [5, 5.41) is 12.1. The number of halogens is 2. The minimum absolute atomic E-state index is 0.119. The maximum absolute atomic E-state index is 12.5. The van der Waals surface area contributed by atoms with Gasteiger partial charge in [0, 0.05) is 15.5 Å². The molecule has 1 N–H and O–H groups in total. The van der Waals surface area contributed by atoms with E-state index in [0.717, 1.165) is 31.5 Å². The highest BCUT2D eigenvalue weighted by atomic mass is 79.9. The number of allylic oxidation sites excluding steroid dienone is 1. The van der Waals surface area contributed by atoms with Crippen molar-refractivity contribution in [3.63, 3.8) is 0 Å². The van der Waals surface area contributed by atoms with Gasteiger partial charge in [-0.3, -0.25) is 9.36 Å². The molecule has 9 heteroatoms. The molecule has 33 heavy (non-hydrogen) atoms. The minimum atomic E-state index is -0.119. The first-order valence-electron chi connectivity index (χ1n) is 10.4. The number of nitrogens with one attached hydrogen (secondary N) is 1. The van der Waals surface area contributed by atoms with Crippen LogP contribution in [0, 0.1) is 6.92 Å². The zero-order chi connectivity index (χ0) is 24.0.